The summed E-state index contributed by atoms with van der Waals surface area (Å²) >= 11 is 11.6. The van der Waals surface area contributed by atoms with Gasteiger partial charge in [-0.1, -0.05) is 50.9 Å². The van der Waals surface area contributed by atoms with Gasteiger partial charge in [-0.2, -0.15) is 0 Å². The number of halogens is 2. The molecule has 0 aromatic carbocycles. The zero-order valence-electron chi connectivity index (χ0n) is 10.8. The van der Waals surface area contributed by atoms with Crippen molar-refractivity contribution in [2.75, 3.05) is 0 Å². The molecule has 0 radical (unpaired) electrons. The van der Waals surface area contributed by atoms with E-state index >= 15 is 0 Å². The number of aromatic nitrogens is 1. The molecule has 1 saturated carbocycles. The van der Waals surface area contributed by atoms with Crippen LogP contribution in [-0.4, -0.2) is 16.9 Å². The third kappa shape index (κ3) is 1.99. The van der Waals surface area contributed by atoms with Crippen molar-refractivity contribution in [2.45, 2.75) is 33.7 Å². The van der Waals surface area contributed by atoms with E-state index in [1.54, 1.807) is 12.1 Å². The van der Waals surface area contributed by atoms with Crippen LogP contribution in [0.5, 0.6) is 0 Å². The molecular weight excluding hydrogens is 271 g/mol. The van der Waals surface area contributed by atoms with E-state index in [2.05, 4.69) is 38.0 Å². The molecule has 1 fully saturated rings. The molecule has 2 rings (SSSR count). The standard InChI is InChI=1S/C13H16Cl2N2O/c1-12(2)11(13(12,3)4)17-10(18)7-5-6-8(14)16-9(7)15/h5-6,11H,1-4H3,(H,17,18). The van der Waals surface area contributed by atoms with Crippen LogP contribution in [0.2, 0.25) is 10.3 Å². The van der Waals surface area contributed by atoms with Gasteiger partial charge in [-0.05, 0) is 23.0 Å². The molecular formula is C13H16Cl2N2O. The molecule has 0 saturated heterocycles. The summed E-state index contributed by atoms with van der Waals surface area (Å²) in [4.78, 5) is 16.0. The van der Waals surface area contributed by atoms with Gasteiger partial charge in [0.1, 0.15) is 10.3 Å². The summed E-state index contributed by atoms with van der Waals surface area (Å²) < 4.78 is 0. The van der Waals surface area contributed by atoms with Crippen molar-refractivity contribution in [2.24, 2.45) is 10.8 Å². The first-order valence-corrected chi connectivity index (χ1v) is 6.56. The van der Waals surface area contributed by atoms with Crippen LogP contribution in [0.1, 0.15) is 38.1 Å². The molecule has 18 heavy (non-hydrogen) atoms. The molecule has 1 amide bonds. The van der Waals surface area contributed by atoms with E-state index in [-0.39, 0.29) is 33.1 Å². The number of hydrogen-bond donors (Lipinski definition) is 1. The Morgan fingerprint density at radius 3 is 2.22 bits per heavy atom. The molecule has 0 aliphatic heterocycles. The van der Waals surface area contributed by atoms with Gasteiger partial charge in [0.15, 0.2) is 0 Å². The summed E-state index contributed by atoms with van der Waals surface area (Å²) in [5.74, 6) is -0.201. The van der Waals surface area contributed by atoms with Crippen molar-refractivity contribution < 1.29 is 4.79 Å². The second-order valence-electron chi connectivity index (χ2n) is 5.82. The number of amides is 1. The van der Waals surface area contributed by atoms with Crippen LogP contribution in [0.3, 0.4) is 0 Å². The highest BCUT2D eigenvalue weighted by Crippen LogP contribution is 2.62. The average Bonchev–Trinajstić information content (AvgIpc) is 2.60. The fourth-order valence-corrected chi connectivity index (χ4v) is 2.78. The maximum atomic E-state index is 12.1. The van der Waals surface area contributed by atoms with Gasteiger partial charge in [-0.15, -0.1) is 0 Å². The summed E-state index contributed by atoms with van der Waals surface area (Å²) in [6, 6.07) is 3.30. The predicted molar refractivity (Wildman–Crippen MR) is 73.1 cm³/mol. The van der Waals surface area contributed by atoms with Crippen molar-refractivity contribution in [3.63, 3.8) is 0 Å². The number of nitrogens with one attached hydrogen (secondary N) is 1. The van der Waals surface area contributed by atoms with Crippen molar-refractivity contribution in [3.8, 4) is 0 Å². The highest BCUT2D eigenvalue weighted by Gasteiger charge is 2.65. The fourth-order valence-electron chi connectivity index (χ4n) is 2.35. The van der Waals surface area contributed by atoms with Crippen LogP contribution in [-0.2, 0) is 0 Å². The number of rotatable bonds is 2. The molecule has 1 heterocycles. The van der Waals surface area contributed by atoms with Crippen LogP contribution in [0.4, 0.5) is 0 Å². The number of carbonyl (C=O) groups is 1. The monoisotopic (exact) mass is 286 g/mol. The molecule has 0 spiro atoms. The van der Waals surface area contributed by atoms with Gasteiger partial charge in [0, 0.05) is 6.04 Å². The van der Waals surface area contributed by atoms with E-state index in [9.17, 15) is 4.79 Å². The summed E-state index contributed by atoms with van der Waals surface area (Å²) in [7, 11) is 0. The molecule has 3 nitrogen and oxygen atoms in total. The zero-order valence-corrected chi connectivity index (χ0v) is 12.4. The number of carbonyl (C=O) groups excluding carboxylic acids is 1. The summed E-state index contributed by atoms with van der Waals surface area (Å²) in [5, 5.41) is 3.42. The summed E-state index contributed by atoms with van der Waals surface area (Å²) in [6.07, 6.45) is 0. The molecule has 0 unspecified atom stereocenters. The molecule has 1 aromatic rings. The summed E-state index contributed by atoms with van der Waals surface area (Å²) in [5.41, 5.74) is 0.545. The number of nitrogens with zero attached hydrogens (tertiary/aromatic N) is 1. The Morgan fingerprint density at radius 2 is 1.78 bits per heavy atom. The topological polar surface area (TPSA) is 42.0 Å². The largest absolute Gasteiger partial charge is 0.348 e. The van der Waals surface area contributed by atoms with E-state index in [4.69, 9.17) is 23.2 Å². The van der Waals surface area contributed by atoms with Crippen molar-refractivity contribution >= 4 is 29.1 Å². The van der Waals surface area contributed by atoms with E-state index in [0.717, 1.165) is 0 Å². The summed E-state index contributed by atoms with van der Waals surface area (Å²) in [6.45, 7) is 8.55. The maximum Gasteiger partial charge on any atom is 0.254 e. The van der Waals surface area contributed by atoms with Crippen molar-refractivity contribution in [3.05, 3.63) is 28.0 Å². The molecule has 1 aliphatic carbocycles. The lowest BCUT2D eigenvalue weighted by atomic mass is 10.0. The molecule has 1 N–H and O–H groups in total. The minimum Gasteiger partial charge on any atom is -0.348 e. The molecule has 1 aromatic heterocycles. The zero-order chi connectivity index (χ0) is 13.7. The fraction of sp³-hybridized carbons (Fsp3) is 0.538. The Bertz CT molecular complexity index is 498. The average molecular weight is 287 g/mol. The molecule has 1 aliphatic rings. The Labute approximate surface area is 117 Å². The van der Waals surface area contributed by atoms with Gasteiger partial charge in [0.2, 0.25) is 0 Å². The Kier molecular flexibility index (Phi) is 3.11. The Balaban J connectivity index is 2.15. The number of hydrogen-bond acceptors (Lipinski definition) is 2. The smallest absolute Gasteiger partial charge is 0.254 e. The van der Waals surface area contributed by atoms with Crippen LogP contribution in [0.25, 0.3) is 0 Å². The molecule has 5 heteroatoms. The normalized spacial score (nSPS) is 20.6. The minimum absolute atomic E-state index is 0.0923. The SMILES string of the molecule is CC1(C)C(NC(=O)c2ccc(Cl)nc2Cl)C1(C)C. The van der Waals surface area contributed by atoms with Gasteiger partial charge in [-0.25, -0.2) is 4.98 Å². The van der Waals surface area contributed by atoms with E-state index in [0.29, 0.717) is 5.56 Å². The van der Waals surface area contributed by atoms with Crippen molar-refractivity contribution in [1.29, 1.82) is 0 Å². The van der Waals surface area contributed by atoms with E-state index in [1.807, 2.05) is 0 Å². The lowest BCUT2D eigenvalue weighted by molar-refractivity contribution is 0.0943. The minimum atomic E-state index is -0.201. The van der Waals surface area contributed by atoms with Gasteiger partial charge in [0.05, 0.1) is 5.56 Å². The second-order valence-corrected chi connectivity index (χ2v) is 6.57. The molecule has 0 bridgehead atoms. The lowest BCUT2D eigenvalue weighted by Gasteiger charge is -2.08. The quantitative estimate of drug-likeness (QED) is 0.845. The van der Waals surface area contributed by atoms with Crippen LogP contribution in [0, 0.1) is 10.8 Å². The first-order chi connectivity index (χ1) is 8.18. The van der Waals surface area contributed by atoms with Gasteiger partial charge in [0.25, 0.3) is 5.91 Å². The van der Waals surface area contributed by atoms with E-state index < -0.39 is 0 Å². The first kappa shape index (κ1) is 13.6. The molecule has 98 valence electrons. The second kappa shape index (κ2) is 4.10. The van der Waals surface area contributed by atoms with Gasteiger partial charge >= 0.3 is 0 Å². The van der Waals surface area contributed by atoms with Gasteiger partial charge in [-0.3, -0.25) is 4.79 Å². The van der Waals surface area contributed by atoms with Gasteiger partial charge < -0.3 is 5.32 Å². The van der Waals surface area contributed by atoms with Crippen molar-refractivity contribution in [1.82, 2.24) is 10.3 Å². The Morgan fingerprint density at radius 1 is 1.22 bits per heavy atom. The van der Waals surface area contributed by atoms with Crippen LogP contribution >= 0.6 is 23.2 Å². The lowest BCUT2D eigenvalue weighted by Crippen LogP contribution is -2.30. The number of pyridine rings is 1. The first-order valence-electron chi connectivity index (χ1n) is 5.81. The van der Waals surface area contributed by atoms with E-state index in [1.165, 1.54) is 0 Å². The van der Waals surface area contributed by atoms with Crippen LogP contribution < -0.4 is 5.32 Å². The predicted octanol–water partition coefficient (Wildman–Crippen LogP) is 3.55. The van der Waals surface area contributed by atoms with Crippen LogP contribution in [0.15, 0.2) is 12.1 Å². The molecule has 0 atom stereocenters. The Hall–Kier alpha value is -0.800. The third-order valence-corrected chi connectivity index (χ3v) is 4.85. The highest BCUT2D eigenvalue weighted by atomic mass is 35.5. The third-order valence-electron chi connectivity index (χ3n) is 4.36. The maximum absolute atomic E-state index is 12.1. The highest BCUT2D eigenvalue weighted by molar-refractivity contribution is 6.34.